The maximum absolute atomic E-state index is 14.5. The van der Waals surface area contributed by atoms with Gasteiger partial charge in [-0.3, -0.25) is 19.2 Å². The maximum Gasteiger partial charge on any atom is 0.253 e. The second-order valence-corrected chi connectivity index (χ2v) is 11.8. The monoisotopic (exact) mass is 614 g/mol. The Morgan fingerprint density at radius 1 is 0.435 bits per heavy atom. The summed E-state index contributed by atoms with van der Waals surface area (Å²) < 4.78 is 10.6. The Morgan fingerprint density at radius 3 is 1.11 bits per heavy atom. The topological polar surface area (TPSA) is 99.7 Å². The van der Waals surface area contributed by atoms with Crippen LogP contribution in [-0.4, -0.2) is 59.9 Å². The van der Waals surface area contributed by atoms with Crippen molar-refractivity contribution in [2.24, 2.45) is 11.8 Å². The Balaban J connectivity index is 1.29. The zero-order valence-electron chi connectivity index (χ0n) is 25.1. The molecule has 4 aliphatic heterocycles. The van der Waals surface area contributed by atoms with Gasteiger partial charge in [0.2, 0.25) is 11.8 Å². The highest BCUT2D eigenvalue weighted by atomic mass is 16.5. The number of hydrogen-bond acceptors (Lipinski definition) is 8. The predicted molar refractivity (Wildman–Crippen MR) is 168 cm³/mol. The fourth-order valence-corrected chi connectivity index (χ4v) is 7.77. The molecule has 0 radical (unpaired) electrons. The second kappa shape index (κ2) is 10.6. The average molecular weight is 615 g/mol. The molecule has 4 heterocycles. The number of imide groups is 2. The number of rotatable bonds is 6. The molecular weight excluding hydrogens is 584 g/mol. The van der Waals surface area contributed by atoms with Crippen molar-refractivity contribution >= 4 is 35.0 Å². The van der Waals surface area contributed by atoms with Gasteiger partial charge >= 0.3 is 0 Å². The number of ether oxygens (including phenoxy) is 2. The first-order chi connectivity index (χ1) is 22.4. The normalized spacial score (nSPS) is 27.3. The van der Waals surface area contributed by atoms with Gasteiger partial charge < -0.3 is 9.47 Å². The van der Waals surface area contributed by atoms with Crippen molar-refractivity contribution in [1.82, 2.24) is 10.0 Å². The van der Waals surface area contributed by atoms with Crippen LogP contribution in [0, 0.1) is 11.8 Å². The Morgan fingerprint density at radius 2 is 0.783 bits per heavy atom. The van der Waals surface area contributed by atoms with Crippen LogP contribution < -0.4 is 19.3 Å². The van der Waals surface area contributed by atoms with E-state index in [0.717, 1.165) is 11.1 Å². The number of nitrogens with zero attached hydrogens (tertiary/aromatic N) is 4. The molecule has 4 aromatic carbocycles. The molecule has 0 N–H and O–H groups in total. The highest BCUT2D eigenvalue weighted by Crippen LogP contribution is 2.59. The van der Waals surface area contributed by atoms with Crippen LogP contribution in [0.3, 0.4) is 0 Å². The fourth-order valence-electron chi connectivity index (χ4n) is 7.77. The van der Waals surface area contributed by atoms with E-state index in [2.05, 4.69) is 0 Å². The molecule has 4 aliphatic rings. The van der Waals surface area contributed by atoms with Crippen LogP contribution in [-0.2, 0) is 19.2 Å². The third-order valence-corrected chi connectivity index (χ3v) is 9.67. The van der Waals surface area contributed by atoms with Gasteiger partial charge in [0.1, 0.15) is 23.6 Å². The van der Waals surface area contributed by atoms with Gasteiger partial charge in [0.15, 0.2) is 0 Å². The molecule has 4 saturated heterocycles. The highest BCUT2D eigenvalue weighted by Gasteiger charge is 2.73. The second-order valence-electron chi connectivity index (χ2n) is 11.8. The summed E-state index contributed by atoms with van der Waals surface area (Å²) in [6.07, 6.45) is 0. The number of methoxy groups -OCH3 is 2. The van der Waals surface area contributed by atoms with Crippen LogP contribution in [0.1, 0.15) is 23.2 Å². The summed E-state index contributed by atoms with van der Waals surface area (Å²) >= 11 is 0. The number of benzene rings is 4. The molecule has 4 fully saturated rings. The summed E-state index contributed by atoms with van der Waals surface area (Å²) in [7, 11) is 3.11. The Hall–Kier alpha value is -5.32. The van der Waals surface area contributed by atoms with E-state index in [1.165, 1.54) is 9.80 Å². The van der Waals surface area contributed by atoms with E-state index in [1.54, 1.807) is 62.8 Å². The Bertz CT molecular complexity index is 1710. The van der Waals surface area contributed by atoms with Crippen LogP contribution in [0.5, 0.6) is 11.5 Å². The van der Waals surface area contributed by atoms with E-state index in [0.29, 0.717) is 22.9 Å². The van der Waals surface area contributed by atoms with Gasteiger partial charge in [-0.05, 0) is 59.7 Å². The number of carbonyl (C=O) groups excluding carboxylic acids is 4. The zero-order chi connectivity index (χ0) is 31.7. The van der Waals surface area contributed by atoms with Gasteiger partial charge in [-0.25, -0.2) is 19.8 Å². The van der Waals surface area contributed by atoms with Crippen molar-refractivity contribution in [3.05, 3.63) is 120 Å². The first-order valence-electron chi connectivity index (χ1n) is 15.1. The molecule has 8 rings (SSSR count). The first kappa shape index (κ1) is 28.2. The van der Waals surface area contributed by atoms with E-state index in [9.17, 15) is 19.2 Å². The van der Waals surface area contributed by atoms with E-state index < -0.39 is 47.8 Å². The third-order valence-electron chi connectivity index (χ3n) is 9.67. The van der Waals surface area contributed by atoms with Gasteiger partial charge in [0.05, 0.1) is 49.5 Å². The van der Waals surface area contributed by atoms with Crippen LogP contribution in [0.2, 0.25) is 0 Å². The maximum atomic E-state index is 14.5. The summed E-state index contributed by atoms with van der Waals surface area (Å²) in [5, 5.41) is 3.75. The minimum absolute atomic E-state index is 0.351. The largest absolute Gasteiger partial charge is 0.497 e. The SMILES string of the molecule is COc1ccc(N2C(=O)[C@@H]3[C@H](C2=O)N2[C@H](c4ccccc4)[C@@H]4C(=O)N(c5ccc(OC)cc5)C(=O)[C@@H]4N2[C@H]3c2ccccc2)cc1. The summed E-state index contributed by atoms with van der Waals surface area (Å²) in [5.41, 5.74) is 2.45. The van der Waals surface area contributed by atoms with Crippen LogP contribution in [0.15, 0.2) is 109 Å². The van der Waals surface area contributed by atoms with Gasteiger partial charge in [-0.2, -0.15) is 0 Å². The lowest BCUT2D eigenvalue weighted by atomic mass is 9.84. The van der Waals surface area contributed by atoms with Gasteiger partial charge in [0, 0.05) is 0 Å². The fraction of sp³-hybridized carbons (Fsp3) is 0.222. The van der Waals surface area contributed by atoms with Crippen molar-refractivity contribution in [3.8, 4) is 11.5 Å². The van der Waals surface area contributed by atoms with E-state index in [1.807, 2.05) is 70.7 Å². The van der Waals surface area contributed by atoms with Crippen LogP contribution in [0.4, 0.5) is 11.4 Å². The van der Waals surface area contributed by atoms with E-state index in [4.69, 9.17) is 9.47 Å². The standard InChI is InChI=1S/C36H30N4O6/c1-45-25-17-13-23(14-18-25)37-33(41)27-29(21-9-5-3-6-10-21)40-32-28(30(22-11-7-4-8-12-22)39(40)31(27)35(37)43)34(42)38(36(32)44)24-15-19-26(46-2)20-16-24/h3-20,27-32H,1-2H3/t27-,28-,29-,30+,31+,32+/m0/s1. The van der Waals surface area contributed by atoms with Crippen molar-refractivity contribution in [2.75, 3.05) is 24.0 Å². The Kier molecular flexibility index (Phi) is 6.52. The highest BCUT2D eigenvalue weighted by molar-refractivity contribution is 6.26. The molecule has 6 atom stereocenters. The molecule has 0 saturated carbocycles. The van der Waals surface area contributed by atoms with Crippen LogP contribution in [0.25, 0.3) is 0 Å². The molecule has 0 aromatic heterocycles. The Labute approximate surface area is 265 Å². The minimum atomic E-state index is -0.925. The summed E-state index contributed by atoms with van der Waals surface area (Å²) in [5.74, 6) is -1.92. The molecule has 0 aliphatic carbocycles. The van der Waals surface area contributed by atoms with E-state index in [-0.39, 0.29) is 11.8 Å². The van der Waals surface area contributed by atoms with Crippen molar-refractivity contribution < 1.29 is 28.7 Å². The van der Waals surface area contributed by atoms with Gasteiger partial charge in [-0.15, -0.1) is 0 Å². The molecule has 4 amide bonds. The lowest BCUT2D eigenvalue weighted by Gasteiger charge is -2.35. The average Bonchev–Trinajstić information content (AvgIpc) is 3.77. The minimum Gasteiger partial charge on any atom is -0.497 e. The summed E-state index contributed by atoms with van der Waals surface area (Å²) in [6.45, 7) is 0. The molecular formula is C36H30N4O6. The molecule has 4 aromatic rings. The smallest absolute Gasteiger partial charge is 0.253 e. The zero-order valence-corrected chi connectivity index (χ0v) is 25.1. The molecule has 46 heavy (non-hydrogen) atoms. The molecule has 0 bridgehead atoms. The quantitative estimate of drug-likeness (QED) is 0.299. The number of amides is 4. The lowest BCUT2D eigenvalue weighted by molar-refractivity contribution is -0.136. The number of hydrazine groups is 1. The predicted octanol–water partition coefficient (Wildman–Crippen LogP) is 4.15. The molecule has 0 spiro atoms. The van der Waals surface area contributed by atoms with Gasteiger partial charge in [0.25, 0.3) is 11.8 Å². The summed E-state index contributed by atoms with van der Waals surface area (Å²) in [4.78, 5) is 60.3. The third kappa shape index (κ3) is 3.90. The number of hydrogen-bond donors (Lipinski definition) is 0. The van der Waals surface area contributed by atoms with E-state index >= 15 is 0 Å². The molecule has 10 heteroatoms. The van der Waals surface area contributed by atoms with Crippen molar-refractivity contribution in [3.63, 3.8) is 0 Å². The number of fused-ring (bicyclic) bond motifs is 5. The number of carbonyl (C=O) groups is 4. The molecule has 230 valence electrons. The number of anilines is 2. The van der Waals surface area contributed by atoms with Crippen LogP contribution >= 0.6 is 0 Å². The summed E-state index contributed by atoms with van der Waals surface area (Å²) in [6, 6.07) is 29.3. The lowest BCUT2D eigenvalue weighted by Crippen LogP contribution is -2.50. The first-order valence-corrected chi connectivity index (χ1v) is 15.1. The van der Waals surface area contributed by atoms with Crippen molar-refractivity contribution in [2.45, 2.75) is 24.2 Å². The van der Waals surface area contributed by atoms with Crippen molar-refractivity contribution in [1.29, 1.82) is 0 Å². The van der Waals surface area contributed by atoms with Gasteiger partial charge in [-0.1, -0.05) is 60.7 Å². The molecule has 10 nitrogen and oxygen atoms in total. The molecule has 0 unspecified atom stereocenters.